The number of pyridine rings is 1. The number of aryl methyl sites for hydroxylation is 2. The molecule has 0 bridgehead atoms. The lowest BCUT2D eigenvalue weighted by Crippen LogP contribution is -2.24. The molecule has 4 rings (SSSR count). The molecule has 35 heavy (non-hydrogen) atoms. The Morgan fingerprint density at radius 1 is 1.06 bits per heavy atom. The molecule has 2 aromatic carbocycles. The maximum Gasteiger partial charge on any atom is 0.409 e. The average Bonchev–Trinajstić information content (AvgIpc) is 2.87. The number of carboxylic acid groups (broad SMARTS) is 1. The van der Waals surface area contributed by atoms with E-state index in [1.54, 1.807) is 68.4 Å². The van der Waals surface area contributed by atoms with Gasteiger partial charge in [-0.15, -0.1) is 0 Å². The number of nitrogens with zero attached hydrogens (tertiary/aromatic N) is 3. The molecule has 0 atom stereocenters. The topological polar surface area (TPSA) is 128 Å². The number of aromatic nitrogens is 3. The molecule has 1 amide bonds. The van der Waals surface area contributed by atoms with Gasteiger partial charge in [-0.1, -0.05) is 12.1 Å². The Bertz CT molecular complexity index is 1410. The monoisotopic (exact) mass is 475 g/mol. The minimum atomic E-state index is -1.12. The summed E-state index contributed by atoms with van der Waals surface area (Å²) in [6.45, 7) is 0.357. The fourth-order valence-electron chi connectivity index (χ4n) is 3.78. The van der Waals surface area contributed by atoms with Gasteiger partial charge in [0, 0.05) is 42.5 Å². The van der Waals surface area contributed by atoms with Crippen LogP contribution in [0.2, 0.25) is 0 Å². The third-order valence-electron chi connectivity index (χ3n) is 5.54. The van der Waals surface area contributed by atoms with Gasteiger partial charge in [0.05, 0.1) is 14.2 Å². The van der Waals surface area contributed by atoms with Crippen LogP contribution in [0.15, 0.2) is 59.5 Å². The number of methoxy groups -OCH3 is 2. The molecule has 0 radical (unpaired) electrons. The van der Waals surface area contributed by atoms with Gasteiger partial charge in [-0.05, 0) is 47.9 Å². The molecular weight excluding hydrogens is 450 g/mol. The smallest absolute Gasteiger partial charge is 0.409 e. The normalized spacial score (nSPS) is 10.7. The predicted octanol–water partition coefficient (Wildman–Crippen LogP) is 3.85. The molecule has 0 saturated heterocycles. The second-order valence-corrected chi connectivity index (χ2v) is 7.72. The third kappa shape index (κ3) is 5.16. The molecule has 10 nitrogen and oxygen atoms in total. The van der Waals surface area contributed by atoms with Crippen molar-refractivity contribution >= 4 is 28.8 Å². The van der Waals surface area contributed by atoms with Crippen LogP contribution in [-0.2, 0) is 13.0 Å². The lowest BCUT2D eigenvalue weighted by atomic mass is 10.0. The van der Waals surface area contributed by atoms with Crippen LogP contribution in [-0.4, -0.2) is 47.0 Å². The summed E-state index contributed by atoms with van der Waals surface area (Å²) in [5.41, 5.74) is 2.84. The number of carbonyl (C=O) groups is 1. The average molecular weight is 476 g/mol. The van der Waals surface area contributed by atoms with Crippen molar-refractivity contribution < 1.29 is 19.4 Å². The summed E-state index contributed by atoms with van der Waals surface area (Å²) in [6.07, 6.45) is 1.09. The summed E-state index contributed by atoms with van der Waals surface area (Å²) < 4.78 is 12.4. The lowest BCUT2D eigenvalue weighted by molar-refractivity contribution is 0.209. The fraction of sp³-hybridized carbons (Fsp3) is 0.200. The molecule has 0 unspecified atom stereocenters. The number of benzene rings is 2. The summed E-state index contributed by atoms with van der Waals surface area (Å²) >= 11 is 0. The molecule has 4 aromatic rings. The maximum absolute atomic E-state index is 13.7. The standard InChI is InChI=1S/C25H25N5O5/c1-26-24-27-14-17-12-21(16-10-19(34-2)13-20(11-16)35-3)23(31)30(22(17)29-24)9-8-15-4-6-18(7-5-15)28-25(32)33/h4-7,10-14,28H,8-9H2,1-3H3,(H,32,33)(H,26,27,29). The molecule has 0 aliphatic carbocycles. The Kier molecular flexibility index (Phi) is 6.81. The number of fused-ring (bicyclic) bond motifs is 1. The van der Waals surface area contributed by atoms with Crippen molar-refractivity contribution in [1.29, 1.82) is 0 Å². The molecule has 0 aliphatic heterocycles. The largest absolute Gasteiger partial charge is 0.497 e. The molecule has 2 heterocycles. The number of amides is 1. The minimum absolute atomic E-state index is 0.210. The van der Waals surface area contributed by atoms with E-state index in [1.165, 1.54) is 0 Å². The van der Waals surface area contributed by atoms with E-state index in [4.69, 9.17) is 14.6 Å². The van der Waals surface area contributed by atoms with Crippen LogP contribution in [0.3, 0.4) is 0 Å². The number of hydrogen-bond acceptors (Lipinski definition) is 7. The molecule has 0 fully saturated rings. The third-order valence-corrected chi connectivity index (χ3v) is 5.54. The molecule has 10 heteroatoms. The van der Waals surface area contributed by atoms with Crippen molar-refractivity contribution in [3.8, 4) is 22.6 Å². The Labute approximate surface area is 201 Å². The maximum atomic E-state index is 13.7. The SMILES string of the molecule is CNc1ncc2cc(-c3cc(OC)cc(OC)c3)c(=O)n(CCc3ccc(NC(=O)O)cc3)c2n1. The zero-order chi connectivity index (χ0) is 24.9. The summed E-state index contributed by atoms with van der Waals surface area (Å²) in [7, 11) is 4.83. The molecule has 3 N–H and O–H groups in total. The summed E-state index contributed by atoms with van der Waals surface area (Å²) in [6, 6.07) is 14.1. The van der Waals surface area contributed by atoms with E-state index >= 15 is 0 Å². The van der Waals surface area contributed by atoms with Crippen LogP contribution in [0.5, 0.6) is 11.5 Å². The number of nitrogens with one attached hydrogen (secondary N) is 2. The quantitative estimate of drug-likeness (QED) is 0.351. The first-order valence-corrected chi connectivity index (χ1v) is 10.8. The van der Waals surface area contributed by atoms with Crippen molar-refractivity contribution in [2.24, 2.45) is 0 Å². The highest BCUT2D eigenvalue weighted by molar-refractivity contribution is 5.83. The van der Waals surface area contributed by atoms with Crippen LogP contribution < -0.4 is 25.7 Å². The molecule has 0 spiro atoms. The first-order chi connectivity index (χ1) is 16.9. The van der Waals surface area contributed by atoms with E-state index in [-0.39, 0.29) is 5.56 Å². The number of anilines is 2. The summed E-state index contributed by atoms with van der Waals surface area (Å²) in [5.74, 6) is 1.55. The molecule has 0 aliphatic rings. The van der Waals surface area contributed by atoms with Gasteiger partial charge >= 0.3 is 6.09 Å². The van der Waals surface area contributed by atoms with Crippen molar-refractivity contribution in [1.82, 2.24) is 14.5 Å². The van der Waals surface area contributed by atoms with Crippen molar-refractivity contribution in [3.63, 3.8) is 0 Å². The van der Waals surface area contributed by atoms with Gasteiger partial charge in [0.1, 0.15) is 17.1 Å². The van der Waals surface area contributed by atoms with Crippen molar-refractivity contribution in [3.05, 3.63) is 70.6 Å². The molecule has 2 aromatic heterocycles. The highest BCUT2D eigenvalue weighted by Gasteiger charge is 2.15. The molecular formula is C25H25N5O5. The summed E-state index contributed by atoms with van der Waals surface area (Å²) in [5, 5.41) is 14.8. The van der Waals surface area contributed by atoms with Crippen LogP contribution in [0.25, 0.3) is 22.2 Å². The van der Waals surface area contributed by atoms with Gasteiger partial charge in [-0.25, -0.2) is 9.78 Å². The zero-order valence-electron chi connectivity index (χ0n) is 19.5. The number of hydrogen-bond donors (Lipinski definition) is 3. The van der Waals surface area contributed by atoms with Gasteiger partial charge in [-0.2, -0.15) is 4.98 Å². The van der Waals surface area contributed by atoms with Gasteiger partial charge in [0.15, 0.2) is 0 Å². The van der Waals surface area contributed by atoms with E-state index in [1.807, 2.05) is 12.1 Å². The zero-order valence-corrected chi connectivity index (χ0v) is 19.5. The number of rotatable bonds is 8. The Hall–Kier alpha value is -4.60. The van der Waals surface area contributed by atoms with Crippen LogP contribution in [0, 0.1) is 0 Å². The van der Waals surface area contributed by atoms with E-state index in [2.05, 4.69) is 20.6 Å². The highest BCUT2D eigenvalue weighted by Crippen LogP contribution is 2.29. The highest BCUT2D eigenvalue weighted by atomic mass is 16.5. The van der Waals surface area contributed by atoms with E-state index < -0.39 is 6.09 Å². The second kappa shape index (κ2) is 10.1. The number of ether oxygens (including phenoxy) is 2. The lowest BCUT2D eigenvalue weighted by Gasteiger charge is -2.14. The van der Waals surface area contributed by atoms with E-state index in [0.29, 0.717) is 58.3 Å². The Morgan fingerprint density at radius 3 is 2.34 bits per heavy atom. The minimum Gasteiger partial charge on any atom is -0.497 e. The Morgan fingerprint density at radius 2 is 1.74 bits per heavy atom. The molecule has 180 valence electrons. The second-order valence-electron chi connectivity index (χ2n) is 7.72. The first-order valence-electron chi connectivity index (χ1n) is 10.8. The van der Waals surface area contributed by atoms with Crippen LogP contribution >= 0.6 is 0 Å². The van der Waals surface area contributed by atoms with Gasteiger partial charge < -0.3 is 19.9 Å². The van der Waals surface area contributed by atoms with Crippen molar-refractivity contribution in [2.45, 2.75) is 13.0 Å². The summed E-state index contributed by atoms with van der Waals surface area (Å²) in [4.78, 5) is 33.4. The van der Waals surface area contributed by atoms with Crippen LogP contribution in [0.4, 0.5) is 16.4 Å². The molecule has 0 saturated carbocycles. The first kappa shape index (κ1) is 23.6. The van der Waals surface area contributed by atoms with Gasteiger partial charge in [0.2, 0.25) is 5.95 Å². The fourth-order valence-corrected chi connectivity index (χ4v) is 3.78. The van der Waals surface area contributed by atoms with Gasteiger partial charge in [-0.3, -0.25) is 14.7 Å². The predicted molar refractivity (Wildman–Crippen MR) is 134 cm³/mol. The van der Waals surface area contributed by atoms with Crippen molar-refractivity contribution in [2.75, 3.05) is 31.9 Å². The van der Waals surface area contributed by atoms with Crippen LogP contribution in [0.1, 0.15) is 5.56 Å². The Balaban J connectivity index is 1.78. The van der Waals surface area contributed by atoms with E-state index in [9.17, 15) is 9.59 Å². The van der Waals surface area contributed by atoms with Gasteiger partial charge in [0.25, 0.3) is 5.56 Å². The van der Waals surface area contributed by atoms with E-state index in [0.717, 1.165) is 5.56 Å².